The zero-order valence-corrected chi connectivity index (χ0v) is 9.48. The van der Waals surface area contributed by atoms with Gasteiger partial charge in [0.25, 0.3) is 0 Å². The molecule has 0 aromatic heterocycles. The molecule has 78 valence electrons. The van der Waals surface area contributed by atoms with Gasteiger partial charge in [-0.3, -0.25) is 9.69 Å². The number of aliphatic carboxylic acids is 1. The van der Waals surface area contributed by atoms with E-state index in [0.717, 1.165) is 4.90 Å². The van der Waals surface area contributed by atoms with Crippen molar-refractivity contribution in [2.75, 3.05) is 5.75 Å². The molecule has 1 unspecified atom stereocenters. The Morgan fingerprint density at radius 1 is 1.64 bits per heavy atom. The summed E-state index contributed by atoms with van der Waals surface area (Å²) >= 11 is 6.10. The van der Waals surface area contributed by atoms with Crippen LogP contribution < -0.4 is 5.11 Å². The number of thioether (sulfide) groups is 1. The van der Waals surface area contributed by atoms with Gasteiger partial charge in [-0.2, -0.15) is 0 Å². The lowest BCUT2D eigenvalue weighted by Crippen LogP contribution is -2.52. The summed E-state index contributed by atoms with van der Waals surface area (Å²) in [6.45, 7) is 3.44. The minimum absolute atomic E-state index is 0.208. The Morgan fingerprint density at radius 3 is 2.50 bits per heavy atom. The van der Waals surface area contributed by atoms with Gasteiger partial charge >= 0.3 is 0 Å². The maximum atomic E-state index is 11.4. The summed E-state index contributed by atoms with van der Waals surface area (Å²) in [6.07, 6.45) is 0. The van der Waals surface area contributed by atoms with Crippen LogP contribution in [0, 0.1) is 5.92 Å². The van der Waals surface area contributed by atoms with E-state index in [4.69, 9.17) is 12.2 Å². The monoisotopic (exact) mass is 232 g/mol. The fraction of sp³-hybridized carbons (Fsp3) is 0.625. The van der Waals surface area contributed by atoms with Crippen molar-refractivity contribution in [3.63, 3.8) is 0 Å². The molecule has 1 aliphatic rings. The minimum Gasteiger partial charge on any atom is -0.548 e. The van der Waals surface area contributed by atoms with Crippen LogP contribution in [0.1, 0.15) is 13.8 Å². The van der Waals surface area contributed by atoms with Crippen molar-refractivity contribution >= 4 is 40.2 Å². The molecule has 0 aliphatic carbocycles. The third-order valence-corrected chi connectivity index (χ3v) is 3.32. The molecule has 1 amide bonds. The summed E-state index contributed by atoms with van der Waals surface area (Å²) in [6, 6.07) is -0.940. The zero-order chi connectivity index (χ0) is 10.9. The minimum atomic E-state index is -1.25. The number of thiocarbonyl (C=S) groups is 1. The Morgan fingerprint density at radius 2 is 2.21 bits per heavy atom. The molecule has 0 saturated carbocycles. The Bertz CT molecular complexity index is 274. The van der Waals surface area contributed by atoms with Crippen LogP contribution in [0.5, 0.6) is 0 Å². The van der Waals surface area contributed by atoms with Gasteiger partial charge in [-0.15, -0.1) is 0 Å². The summed E-state index contributed by atoms with van der Waals surface area (Å²) in [4.78, 5) is 23.4. The van der Waals surface area contributed by atoms with Crippen molar-refractivity contribution in [1.82, 2.24) is 4.90 Å². The van der Waals surface area contributed by atoms with Crippen molar-refractivity contribution in [3.05, 3.63) is 0 Å². The number of hydrogen-bond acceptors (Lipinski definition) is 5. The fourth-order valence-electron chi connectivity index (χ4n) is 1.31. The predicted molar refractivity (Wildman–Crippen MR) is 55.5 cm³/mol. The van der Waals surface area contributed by atoms with Crippen molar-refractivity contribution in [2.24, 2.45) is 5.92 Å². The number of carbonyl (C=O) groups excluding carboxylic acids is 2. The van der Waals surface area contributed by atoms with Gasteiger partial charge in [0.05, 0.1) is 17.8 Å². The van der Waals surface area contributed by atoms with E-state index in [9.17, 15) is 14.7 Å². The molecule has 0 aromatic carbocycles. The fourth-order valence-corrected chi connectivity index (χ4v) is 2.44. The number of carbonyl (C=O) groups is 2. The molecule has 0 N–H and O–H groups in total. The number of rotatable bonds is 3. The van der Waals surface area contributed by atoms with Crippen LogP contribution in [-0.2, 0) is 9.59 Å². The standard InChI is InChI=1S/C8H11NO3S2/c1-4(2)6(7(11)12)9-5(10)3-14-8(9)13/h4,6H,3H2,1-2H3,(H,11,12)/p-1. The molecule has 1 fully saturated rings. The van der Waals surface area contributed by atoms with Crippen LogP contribution in [0.2, 0.25) is 0 Å². The molecule has 1 saturated heterocycles. The summed E-state index contributed by atoms with van der Waals surface area (Å²) in [5.41, 5.74) is 0. The SMILES string of the molecule is CC(C)C(C(=O)[O-])N1C(=O)CSC1=S. The van der Waals surface area contributed by atoms with E-state index in [-0.39, 0.29) is 17.6 Å². The number of carboxylic acid groups (broad SMARTS) is 1. The van der Waals surface area contributed by atoms with E-state index in [1.165, 1.54) is 11.8 Å². The van der Waals surface area contributed by atoms with E-state index in [2.05, 4.69) is 0 Å². The van der Waals surface area contributed by atoms with Gasteiger partial charge in [-0.25, -0.2) is 0 Å². The van der Waals surface area contributed by atoms with Gasteiger partial charge in [-0.1, -0.05) is 37.8 Å². The molecule has 0 bridgehead atoms. The van der Waals surface area contributed by atoms with E-state index < -0.39 is 12.0 Å². The molecule has 0 spiro atoms. The lowest BCUT2D eigenvalue weighted by atomic mass is 10.0. The highest BCUT2D eigenvalue weighted by Gasteiger charge is 2.35. The van der Waals surface area contributed by atoms with Crippen LogP contribution >= 0.6 is 24.0 Å². The second-order valence-corrected chi connectivity index (χ2v) is 4.94. The maximum absolute atomic E-state index is 11.4. The normalized spacial score (nSPS) is 19.2. The Balaban J connectivity index is 2.92. The third-order valence-electron chi connectivity index (χ3n) is 1.94. The molecular weight excluding hydrogens is 222 g/mol. The maximum Gasteiger partial charge on any atom is 0.239 e. The molecule has 1 atom stereocenters. The Kier molecular flexibility index (Phi) is 3.49. The number of carboxylic acids is 1. The molecular formula is C8H10NO3S2-. The van der Waals surface area contributed by atoms with Crippen molar-refractivity contribution < 1.29 is 14.7 Å². The van der Waals surface area contributed by atoms with Crippen LogP contribution in [-0.4, -0.2) is 32.9 Å². The van der Waals surface area contributed by atoms with Crippen LogP contribution in [0.4, 0.5) is 0 Å². The average molecular weight is 232 g/mol. The molecule has 4 nitrogen and oxygen atoms in total. The molecule has 0 aromatic rings. The number of nitrogens with zero attached hydrogens (tertiary/aromatic N) is 1. The van der Waals surface area contributed by atoms with Crippen LogP contribution in [0.3, 0.4) is 0 Å². The van der Waals surface area contributed by atoms with Gasteiger partial charge in [0.2, 0.25) is 5.91 Å². The van der Waals surface area contributed by atoms with Gasteiger partial charge in [0.1, 0.15) is 4.32 Å². The summed E-state index contributed by atoms with van der Waals surface area (Å²) in [5, 5.41) is 10.8. The van der Waals surface area contributed by atoms with Crippen LogP contribution in [0.15, 0.2) is 0 Å². The van der Waals surface area contributed by atoms with Crippen LogP contribution in [0.25, 0.3) is 0 Å². The quantitative estimate of drug-likeness (QED) is 0.621. The first-order chi connectivity index (χ1) is 6.45. The van der Waals surface area contributed by atoms with E-state index in [0.29, 0.717) is 4.32 Å². The highest BCUT2D eigenvalue weighted by Crippen LogP contribution is 2.24. The Hall–Kier alpha value is -0.620. The molecule has 6 heteroatoms. The molecule has 1 aliphatic heterocycles. The first-order valence-electron chi connectivity index (χ1n) is 4.14. The number of amides is 1. The number of hydrogen-bond donors (Lipinski definition) is 0. The zero-order valence-electron chi connectivity index (χ0n) is 7.85. The summed E-state index contributed by atoms with van der Waals surface area (Å²) in [7, 11) is 0. The predicted octanol–water partition coefficient (Wildman–Crippen LogP) is -0.379. The topological polar surface area (TPSA) is 60.4 Å². The molecule has 14 heavy (non-hydrogen) atoms. The first-order valence-corrected chi connectivity index (χ1v) is 5.54. The van der Waals surface area contributed by atoms with E-state index >= 15 is 0 Å². The lowest BCUT2D eigenvalue weighted by molar-refractivity contribution is -0.311. The summed E-state index contributed by atoms with van der Waals surface area (Å²) in [5.74, 6) is -1.48. The van der Waals surface area contributed by atoms with Crippen molar-refractivity contribution in [3.8, 4) is 0 Å². The highest BCUT2D eigenvalue weighted by atomic mass is 32.2. The van der Waals surface area contributed by atoms with Gasteiger partial charge in [0, 0.05) is 0 Å². The third kappa shape index (κ3) is 2.06. The van der Waals surface area contributed by atoms with Crippen molar-refractivity contribution in [1.29, 1.82) is 0 Å². The lowest BCUT2D eigenvalue weighted by Gasteiger charge is -2.30. The molecule has 1 rings (SSSR count). The molecule has 0 radical (unpaired) electrons. The summed E-state index contributed by atoms with van der Waals surface area (Å²) < 4.78 is 0.331. The molecule has 1 heterocycles. The largest absolute Gasteiger partial charge is 0.548 e. The van der Waals surface area contributed by atoms with Crippen molar-refractivity contribution in [2.45, 2.75) is 19.9 Å². The second-order valence-electron chi connectivity index (χ2n) is 3.33. The second kappa shape index (κ2) is 4.27. The van der Waals surface area contributed by atoms with Gasteiger partial charge < -0.3 is 9.90 Å². The smallest absolute Gasteiger partial charge is 0.239 e. The highest BCUT2D eigenvalue weighted by molar-refractivity contribution is 8.23. The average Bonchev–Trinajstić information content (AvgIpc) is 2.34. The Labute approximate surface area is 91.6 Å². The van der Waals surface area contributed by atoms with Gasteiger partial charge in [-0.05, 0) is 5.92 Å². The van der Waals surface area contributed by atoms with E-state index in [1.807, 2.05) is 0 Å². The van der Waals surface area contributed by atoms with Gasteiger partial charge in [0.15, 0.2) is 0 Å². The first kappa shape index (κ1) is 11.5. The van der Waals surface area contributed by atoms with E-state index in [1.54, 1.807) is 13.8 Å².